The van der Waals surface area contributed by atoms with E-state index in [9.17, 15) is 13.6 Å². The summed E-state index contributed by atoms with van der Waals surface area (Å²) in [5.41, 5.74) is 1.44. The highest BCUT2D eigenvalue weighted by Crippen LogP contribution is 2.20. The van der Waals surface area contributed by atoms with Crippen LogP contribution in [0.5, 0.6) is 0 Å². The lowest BCUT2D eigenvalue weighted by molar-refractivity contribution is 0.0690. The van der Waals surface area contributed by atoms with E-state index >= 15 is 0 Å². The first-order chi connectivity index (χ1) is 11.5. The van der Waals surface area contributed by atoms with Crippen molar-refractivity contribution in [1.29, 1.82) is 0 Å². The summed E-state index contributed by atoms with van der Waals surface area (Å²) in [4.78, 5) is 22.4. The van der Waals surface area contributed by atoms with Gasteiger partial charge < -0.3 is 5.11 Å². The largest absolute Gasteiger partial charge is 0.477 e. The minimum absolute atomic E-state index is 0.0579. The van der Waals surface area contributed by atoms with Crippen LogP contribution in [0.4, 0.5) is 8.78 Å². The lowest BCUT2D eigenvalue weighted by atomic mass is 10.1. The lowest BCUT2D eigenvalue weighted by Gasteiger charge is -2.06. The Kier molecular flexibility index (Phi) is 4.24. The number of pyridine rings is 3. The number of hydrogen-bond acceptors (Lipinski definition) is 4. The zero-order chi connectivity index (χ0) is 17.1. The monoisotopic (exact) mass is 327 g/mol. The summed E-state index contributed by atoms with van der Waals surface area (Å²) in [6, 6.07) is 12.0. The van der Waals surface area contributed by atoms with Gasteiger partial charge in [-0.2, -0.15) is 13.8 Å². The maximum Gasteiger partial charge on any atom is 0.354 e. The molecule has 3 heterocycles. The Morgan fingerprint density at radius 3 is 2.33 bits per heavy atom. The highest BCUT2D eigenvalue weighted by Gasteiger charge is 2.11. The van der Waals surface area contributed by atoms with Crippen molar-refractivity contribution in [3.63, 3.8) is 0 Å². The van der Waals surface area contributed by atoms with Crippen LogP contribution in [0.2, 0.25) is 0 Å². The fourth-order valence-corrected chi connectivity index (χ4v) is 2.21. The molecule has 0 aliphatic carbocycles. The second-order valence-corrected chi connectivity index (χ2v) is 4.98. The van der Waals surface area contributed by atoms with E-state index in [0.717, 1.165) is 6.07 Å². The van der Waals surface area contributed by atoms with Crippen molar-refractivity contribution in [2.45, 2.75) is 6.42 Å². The predicted octanol–water partition coefficient (Wildman–Crippen LogP) is 3.11. The number of hydrogen-bond donors (Lipinski definition) is 1. The number of aromatic carboxylic acids is 1. The third-order valence-corrected chi connectivity index (χ3v) is 3.29. The minimum Gasteiger partial charge on any atom is -0.477 e. The number of halogens is 2. The molecule has 24 heavy (non-hydrogen) atoms. The van der Waals surface area contributed by atoms with Crippen LogP contribution in [0, 0.1) is 11.9 Å². The minimum atomic E-state index is -1.11. The first-order valence-corrected chi connectivity index (χ1v) is 7.00. The smallest absolute Gasteiger partial charge is 0.354 e. The van der Waals surface area contributed by atoms with E-state index in [2.05, 4.69) is 15.0 Å². The number of carboxylic acid groups (broad SMARTS) is 1. The van der Waals surface area contributed by atoms with Crippen LogP contribution in [0.1, 0.15) is 21.9 Å². The maximum absolute atomic E-state index is 13.8. The summed E-state index contributed by atoms with van der Waals surface area (Å²) in [6.45, 7) is 0. The van der Waals surface area contributed by atoms with Gasteiger partial charge in [-0.15, -0.1) is 0 Å². The Hall–Kier alpha value is -3.22. The topological polar surface area (TPSA) is 76.0 Å². The average Bonchev–Trinajstić information content (AvgIpc) is 2.55. The molecule has 0 bridgehead atoms. The van der Waals surface area contributed by atoms with Gasteiger partial charge in [0.25, 0.3) is 0 Å². The number of carbonyl (C=O) groups is 1. The molecular formula is C17H11F2N3O2. The van der Waals surface area contributed by atoms with Gasteiger partial charge in [-0.3, -0.25) is 4.98 Å². The molecule has 0 aliphatic heterocycles. The van der Waals surface area contributed by atoms with E-state index in [4.69, 9.17) is 5.11 Å². The van der Waals surface area contributed by atoms with Gasteiger partial charge in [-0.25, -0.2) is 9.78 Å². The maximum atomic E-state index is 13.8. The second-order valence-electron chi connectivity index (χ2n) is 4.98. The molecule has 7 heteroatoms. The van der Waals surface area contributed by atoms with Crippen LogP contribution in [-0.4, -0.2) is 26.0 Å². The SMILES string of the molecule is O=C(O)c1cccc(Cc2cccc(-c3ccc(F)nc3F)n2)n1. The summed E-state index contributed by atoms with van der Waals surface area (Å²) in [5.74, 6) is -2.95. The normalized spacial score (nSPS) is 10.6. The van der Waals surface area contributed by atoms with Crippen molar-refractivity contribution < 1.29 is 18.7 Å². The van der Waals surface area contributed by atoms with Crippen LogP contribution in [0.3, 0.4) is 0 Å². The van der Waals surface area contributed by atoms with Gasteiger partial charge in [0.15, 0.2) is 0 Å². The number of aromatic nitrogens is 3. The second kappa shape index (κ2) is 6.49. The molecule has 0 fully saturated rings. The van der Waals surface area contributed by atoms with Crippen molar-refractivity contribution in [1.82, 2.24) is 15.0 Å². The Bertz CT molecular complexity index is 916. The Labute approximate surface area is 135 Å². The predicted molar refractivity (Wildman–Crippen MR) is 81.4 cm³/mol. The van der Waals surface area contributed by atoms with E-state index < -0.39 is 17.9 Å². The van der Waals surface area contributed by atoms with Crippen LogP contribution in [0.25, 0.3) is 11.3 Å². The summed E-state index contributed by atoms with van der Waals surface area (Å²) in [5, 5.41) is 8.96. The van der Waals surface area contributed by atoms with Crippen LogP contribution >= 0.6 is 0 Å². The summed E-state index contributed by atoms with van der Waals surface area (Å²) in [6.07, 6.45) is 0.283. The molecule has 0 amide bonds. The van der Waals surface area contributed by atoms with Crippen molar-refractivity contribution in [2.75, 3.05) is 0 Å². The third kappa shape index (κ3) is 3.40. The molecule has 5 nitrogen and oxygen atoms in total. The van der Waals surface area contributed by atoms with Gasteiger partial charge in [-0.05, 0) is 36.4 Å². The molecule has 1 N–H and O–H groups in total. The van der Waals surface area contributed by atoms with Crippen LogP contribution in [0.15, 0.2) is 48.5 Å². The van der Waals surface area contributed by atoms with E-state index in [-0.39, 0.29) is 17.7 Å². The summed E-state index contributed by atoms with van der Waals surface area (Å²) in [7, 11) is 0. The fraction of sp³-hybridized carbons (Fsp3) is 0.0588. The van der Waals surface area contributed by atoms with Gasteiger partial charge in [0.1, 0.15) is 5.69 Å². The average molecular weight is 327 g/mol. The number of nitrogens with zero attached hydrogens (tertiary/aromatic N) is 3. The number of rotatable bonds is 4. The van der Waals surface area contributed by atoms with Gasteiger partial charge in [0.05, 0.1) is 11.3 Å². The molecule has 3 aromatic rings. The number of carboxylic acids is 1. The molecular weight excluding hydrogens is 316 g/mol. The van der Waals surface area contributed by atoms with Gasteiger partial charge in [0, 0.05) is 17.8 Å². The molecule has 0 unspecified atom stereocenters. The molecule has 0 aromatic carbocycles. The molecule has 0 atom stereocenters. The Morgan fingerprint density at radius 1 is 0.917 bits per heavy atom. The molecule has 0 saturated carbocycles. The van der Waals surface area contributed by atoms with Gasteiger partial charge >= 0.3 is 5.97 Å². The first-order valence-electron chi connectivity index (χ1n) is 7.00. The van der Waals surface area contributed by atoms with Crippen LogP contribution < -0.4 is 0 Å². The highest BCUT2D eigenvalue weighted by molar-refractivity contribution is 5.85. The summed E-state index contributed by atoms with van der Waals surface area (Å²) < 4.78 is 26.7. The lowest BCUT2D eigenvalue weighted by Crippen LogP contribution is -2.04. The van der Waals surface area contributed by atoms with Gasteiger partial charge in [-0.1, -0.05) is 12.1 Å². The molecule has 3 rings (SSSR count). The van der Waals surface area contributed by atoms with E-state index in [1.165, 1.54) is 12.1 Å². The zero-order valence-electron chi connectivity index (χ0n) is 12.3. The Morgan fingerprint density at radius 2 is 1.62 bits per heavy atom. The molecule has 0 radical (unpaired) electrons. The fourth-order valence-electron chi connectivity index (χ4n) is 2.21. The van der Waals surface area contributed by atoms with Crippen molar-refractivity contribution in [3.8, 4) is 11.3 Å². The Balaban J connectivity index is 1.91. The third-order valence-electron chi connectivity index (χ3n) is 3.29. The standard InChI is InChI=1S/C17H11F2N3O2/c18-15-8-7-12(16(19)22-15)13-5-1-3-10(20-13)9-11-4-2-6-14(21-11)17(23)24/h1-8H,9H2,(H,23,24). The molecule has 120 valence electrons. The van der Waals surface area contributed by atoms with E-state index in [0.29, 0.717) is 17.1 Å². The van der Waals surface area contributed by atoms with Crippen molar-refractivity contribution in [3.05, 3.63) is 77.5 Å². The quantitative estimate of drug-likeness (QED) is 0.745. The van der Waals surface area contributed by atoms with Crippen LogP contribution in [-0.2, 0) is 6.42 Å². The highest BCUT2D eigenvalue weighted by atomic mass is 19.1. The van der Waals surface area contributed by atoms with Crippen molar-refractivity contribution >= 4 is 5.97 Å². The molecule has 3 aromatic heterocycles. The molecule has 0 saturated heterocycles. The van der Waals surface area contributed by atoms with E-state index in [1.54, 1.807) is 30.3 Å². The van der Waals surface area contributed by atoms with Gasteiger partial charge in [0.2, 0.25) is 11.9 Å². The zero-order valence-corrected chi connectivity index (χ0v) is 12.3. The van der Waals surface area contributed by atoms with Crippen molar-refractivity contribution in [2.24, 2.45) is 0 Å². The molecule has 0 aliphatic rings. The van der Waals surface area contributed by atoms with E-state index in [1.807, 2.05) is 0 Å². The first kappa shape index (κ1) is 15.7. The molecule has 0 spiro atoms. The summed E-state index contributed by atoms with van der Waals surface area (Å²) >= 11 is 0.